The van der Waals surface area contributed by atoms with Gasteiger partial charge in [-0.1, -0.05) is 13.0 Å². The van der Waals surface area contributed by atoms with Crippen molar-refractivity contribution in [2.45, 2.75) is 83.1 Å². The maximum absolute atomic E-state index is 12.8. The molecule has 1 unspecified atom stereocenters. The summed E-state index contributed by atoms with van der Waals surface area (Å²) in [5.74, 6) is 0.333. The molecule has 0 bridgehead atoms. The van der Waals surface area contributed by atoms with Gasteiger partial charge < -0.3 is 14.4 Å². The molecule has 164 valence electrons. The number of fused-ring (bicyclic) bond motifs is 1. The molecule has 0 amide bonds. The largest absolute Gasteiger partial charge is 0.393 e. The van der Waals surface area contributed by atoms with Crippen molar-refractivity contribution in [3.05, 3.63) is 33.7 Å². The lowest BCUT2D eigenvalue weighted by atomic mass is 9.83. The topological polar surface area (TPSA) is 97.6 Å². The summed E-state index contributed by atoms with van der Waals surface area (Å²) in [6.45, 7) is 4.08. The molecule has 0 saturated heterocycles. The van der Waals surface area contributed by atoms with E-state index in [2.05, 4.69) is 4.72 Å². The Hall–Kier alpha value is -1.22. The zero-order chi connectivity index (χ0) is 21.2. The third-order valence-corrected chi connectivity index (χ3v) is 7.18. The molecule has 1 aliphatic heterocycles. The fourth-order valence-corrected chi connectivity index (χ4v) is 5.57. The first-order valence-corrected chi connectivity index (χ1v) is 12.6. The molecule has 1 aromatic rings. The fraction of sp³-hybridized carbons (Fsp3) is 0.762. The molecule has 1 aromatic heterocycles. The number of sulfonamides is 1. The molecule has 2 N–H and O–H groups in total. The number of aliphatic hydroxyl groups excluding tert-OH is 1. The lowest BCUT2D eigenvalue weighted by molar-refractivity contribution is -0.0227. The molecule has 1 saturated carbocycles. The number of aryl methyl sites for hydroxylation is 2. The summed E-state index contributed by atoms with van der Waals surface area (Å²) in [5.41, 5.74) is 1.49. The number of rotatable bonds is 7. The van der Waals surface area contributed by atoms with Crippen LogP contribution in [0.3, 0.4) is 0 Å². The first kappa shape index (κ1) is 22.5. The van der Waals surface area contributed by atoms with Crippen LogP contribution in [0, 0.1) is 12.8 Å². The lowest BCUT2D eigenvalue weighted by Gasteiger charge is -2.37. The summed E-state index contributed by atoms with van der Waals surface area (Å²) in [7, 11) is -3.39. The van der Waals surface area contributed by atoms with Crippen LogP contribution < -0.4 is 10.3 Å². The van der Waals surface area contributed by atoms with Gasteiger partial charge in [-0.15, -0.1) is 0 Å². The summed E-state index contributed by atoms with van der Waals surface area (Å²) < 4.78 is 34.4. The van der Waals surface area contributed by atoms with Crippen LogP contribution in [0.1, 0.15) is 62.7 Å². The van der Waals surface area contributed by atoms with Crippen LogP contribution in [0.5, 0.6) is 0 Å². The maximum atomic E-state index is 12.8. The van der Waals surface area contributed by atoms with Crippen molar-refractivity contribution < 1.29 is 18.3 Å². The highest BCUT2D eigenvalue weighted by Crippen LogP contribution is 2.31. The number of ether oxygens (including phenoxy) is 1. The Bertz CT molecular complexity index is 858. The zero-order valence-corrected chi connectivity index (χ0v) is 18.5. The van der Waals surface area contributed by atoms with Gasteiger partial charge in [0, 0.05) is 17.3 Å². The number of hydrogen-bond acceptors (Lipinski definition) is 5. The van der Waals surface area contributed by atoms with Crippen molar-refractivity contribution in [3.63, 3.8) is 0 Å². The van der Waals surface area contributed by atoms with Gasteiger partial charge in [0.1, 0.15) is 0 Å². The molecule has 0 spiro atoms. The smallest absolute Gasteiger partial charge is 0.254 e. The quantitative estimate of drug-likeness (QED) is 0.694. The summed E-state index contributed by atoms with van der Waals surface area (Å²) in [4.78, 5) is 12.8. The Balaban J connectivity index is 1.74. The van der Waals surface area contributed by atoms with Gasteiger partial charge in [0.25, 0.3) is 5.56 Å². The molecule has 1 fully saturated rings. The van der Waals surface area contributed by atoms with Gasteiger partial charge in [0.2, 0.25) is 10.0 Å². The van der Waals surface area contributed by atoms with Crippen molar-refractivity contribution in [2.75, 3.05) is 12.9 Å². The van der Waals surface area contributed by atoms with Crippen molar-refractivity contribution in [1.29, 1.82) is 0 Å². The third-order valence-electron chi connectivity index (χ3n) is 6.45. The monoisotopic (exact) mass is 426 g/mol. The second-order valence-corrected chi connectivity index (χ2v) is 10.4. The number of aliphatic hydroxyl groups is 1. The number of nitrogens with zero attached hydrogens (tertiary/aromatic N) is 1. The van der Waals surface area contributed by atoms with E-state index in [4.69, 9.17) is 4.74 Å². The van der Waals surface area contributed by atoms with Crippen LogP contribution >= 0.6 is 0 Å². The summed E-state index contributed by atoms with van der Waals surface area (Å²) in [5, 5.41) is 10.1. The number of pyridine rings is 1. The first-order chi connectivity index (χ1) is 13.7. The van der Waals surface area contributed by atoms with Crippen LogP contribution in [0.15, 0.2) is 16.9 Å². The summed E-state index contributed by atoms with van der Waals surface area (Å²) in [6.07, 6.45) is 6.69. The standard InChI is InChI=1S/C21H34N2O5S/c1-4-20(24)15-6-10-17(11-7-15)28-13-19-18(22-29(3,26)27)12-9-16-8-5-14(2)21(25)23(16)19/h5,8,15,17-20,22,24H,4,6-7,9-13H2,1-3H3/t15?,17?,18-,19-,20?/m0/s1. The molecular weight excluding hydrogens is 392 g/mol. The molecule has 3 atom stereocenters. The normalized spacial score (nSPS) is 28.7. The Kier molecular flexibility index (Phi) is 7.19. The van der Waals surface area contributed by atoms with Gasteiger partial charge in [0.15, 0.2) is 0 Å². The van der Waals surface area contributed by atoms with Crippen molar-refractivity contribution in [3.8, 4) is 0 Å². The Morgan fingerprint density at radius 1 is 1.24 bits per heavy atom. The van der Waals surface area contributed by atoms with E-state index in [9.17, 15) is 18.3 Å². The van der Waals surface area contributed by atoms with E-state index in [1.54, 1.807) is 11.5 Å². The van der Waals surface area contributed by atoms with Crippen molar-refractivity contribution >= 4 is 10.0 Å². The van der Waals surface area contributed by atoms with Crippen LogP contribution in [-0.4, -0.2) is 49.2 Å². The Labute approximate surface area is 173 Å². The maximum Gasteiger partial charge on any atom is 0.254 e. The molecule has 2 heterocycles. The highest BCUT2D eigenvalue weighted by Gasteiger charge is 2.34. The van der Waals surface area contributed by atoms with Crippen molar-refractivity contribution in [1.82, 2.24) is 9.29 Å². The Morgan fingerprint density at radius 2 is 1.93 bits per heavy atom. The van der Waals surface area contributed by atoms with Crippen molar-refractivity contribution in [2.24, 2.45) is 5.92 Å². The molecule has 3 rings (SSSR count). The van der Waals surface area contributed by atoms with E-state index in [0.717, 1.165) is 44.1 Å². The number of hydrogen-bond donors (Lipinski definition) is 2. The van der Waals surface area contributed by atoms with E-state index < -0.39 is 10.0 Å². The predicted molar refractivity (Wildman–Crippen MR) is 113 cm³/mol. The molecule has 2 aliphatic rings. The third kappa shape index (κ3) is 5.48. The number of nitrogens with one attached hydrogen (secondary N) is 1. The van der Waals surface area contributed by atoms with Gasteiger partial charge in [-0.05, 0) is 63.9 Å². The van der Waals surface area contributed by atoms with Crippen LogP contribution in [-0.2, 0) is 21.2 Å². The van der Waals surface area contributed by atoms with Crippen LogP contribution in [0.25, 0.3) is 0 Å². The summed E-state index contributed by atoms with van der Waals surface area (Å²) in [6, 6.07) is 3.06. The Morgan fingerprint density at radius 3 is 2.55 bits per heavy atom. The lowest BCUT2D eigenvalue weighted by Crippen LogP contribution is -2.49. The highest BCUT2D eigenvalue weighted by molar-refractivity contribution is 7.88. The average molecular weight is 427 g/mol. The molecule has 1 aliphatic carbocycles. The van der Waals surface area contributed by atoms with Gasteiger partial charge in [0.05, 0.1) is 31.1 Å². The molecule has 8 heteroatoms. The van der Waals surface area contributed by atoms with Gasteiger partial charge in [-0.3, -0.25) is 4.79 Å². The second kappa shape index (κ2) is 9.29. The zero-order valence-electron chi connectivity index (χ0n) is 17.6. The van der Waals surface area contributed by atoms with E-state index in [-0.39, 0.29) is 29.9 Å². The number of aromatic nitrogens is 1. The highest BCUT2D eigenvalue weighted by atomic mass is 32.2. The minimum Gasteiger partial charge on any atom is -0.393 e. The molecular formula is C21H34N2O5S. The molecule has 7 nitrogen and oxygen atoms in total. The second-order valence-electron chi connectivity index (χ2n) is 8.63. The fourth-order valence-electron chi connectivity index (χ4n) is 4.75. The van der Waals surface area contributed by atoms with Gasteiger partial charge in [-0.2, -0.15) is 0 Å². The molecule has 29 heavy (non-hydrogen) atoms. The van der Waals surface area contributed by atoms with Crippen LogP contribution in [0.2, 0.25) is 0 Å². The minimum absolute atomic E-state index is 0.0779. The molecule has 0 radical (unpaired) electrons. The van der Waals surface area contributed by atoms with E-state index >= 15 is 0 Å². The van der Waals surface area contributed by atoms with Gasteiger partial charge in [-0.25, -0.2) is 13.1 Å². The predicted octanol–water partition coefficient (Wildman–Crippen LogP) is 1.91. The molecule has 0 aromatic carbocycles. The van der Waals surface area contributed by atoms with Gasteiger partial charge >= 0.3 is 0 Å². The van der Waals surface area contributed by atoms with E-state index in [0.29, 0.717) is 30.9 Å². The summed E-state index contributed by atoms with van der Waals surface area (Å²) >= 11 is 0. The average Bonchev–Trinajstić information content (AvgIpc) is 2.68. The SMILES string of the molecule is CCC(O)C1CCC(OC[C@H]2[C@@H](NS(C)(=O)=O)CCc3ccc(C)c(=O)n32)CC1. The van der Waals surface area contributed by atoms with E-state index in [1.807, 2.05) is 19.1 Å². The van der Waals surface area contributed by atoms with Crippen LogP contribution in [0.4, 0.5) is 0 Å². The van der Waals surface area contributed by atoms with E-state index in [1.165, 1.54) is 0 Å². The minimum atomic E-state index is -3.39. The first-order valence-electron chi connectivity index (χ1n) is 10.7.